The molecule has 2 unspecified atom stereocenters. The lowest BCUT2D eigenvalue weighted by Crippen LogP contribution is -2.43. The van der Waals surface area contributed by atoms with Crippen molar-refractivity contribution in [2.24, 2.45) is 0 Å². The first-order valence-electron chi connectivity index (χ1n) is 5.63. The van der Waals surface area contributed by atoms with Crippen molar-refractivity contribution in [1.82, 2.24) is 15.5 Å². The highest BCUT2D eigenvalue weighted by Crippen LogP contribution is 2.33. The molecule has 1 aliphatic heterocycles. The highest BCUT2D eigenvalue weighted by Gasteiger charge is 2.26. The van der Waals surface area contributed by atoms with E-state index in [0.29, 0.717) is 11.3 Å². The fourth-order valence-electron chi connectivity index (χ4n) is 1.72. The van der Waals surface area contributed by atoms with E-state index in [0.717, 1.165) is 29.1 Å². The molecule has 1 fully saturated rings. The molecule has 2 rings (SSSR count). The summed E-state index contributed by atoms with van der Waals surface area (Å²) in [6, 6.07) is 0.500. The lowest BCUT2D eigenvalue weighted by Gasteiger charge is -2.29. The molecular weight excluding hydrogens is 256 g/mol. The Balaban J connectivity index is 1.98. The summed E-state index contributed by atoms with van der Waals surface area (Å²) in [7, 11) is 5.97. The lowest BCUT2D eigenvalue weighted by atomic mass is 10.1. The molecule has 7 heteroatoms. The highest BCUT2D eigenvalue weighted by molar-refractivity contribution is 8.01. The van der Waals surface area contributed by atoms with E-state index >= 15 is 0 Å². The van der Waals surface area contributed by atoms with Gasteiger partial charge in [0.15, 0.2) is 4.34 Å². The predicted octanol–water partition coefficient (Wildman–Crippen LogP) is 1.07. The van der Waals surface area contributed by atoms with Crippen LogP contribution in [0.1, 0.15) is 6.42 Å². The Labute approximate surface area is 110 Å². The highest BCUT2D eigenvalue weighted by atomic mass is 32.2. The van der Waals surface area contributed by atoms with Gasteiger partial charge in [-0.05, 0) is 13.5 Å². The van der Waals surface area contributed by atoms with Gasteiger partial charge in [0.2, 0.25) is 5.13 Å². The van der Waals surface area contributed by atoms with Gasteiger partial charge in [-0.3, -0.25) is 0 Å². The van der Waals surface area contributed by atoms with Crippen molar-refractivity contribution in [3.8, 4) is 0 Å². The van der Waals surface area contributed by atoms with Crippen molar-refractivity contribution in [2.75, 3.05) is 39.3 Å². The van der Waals surface area contributed by atoms with Crippen LogP contribution in [0.15, 0.2) is 4.34 Å². The zero-order chi connectivity index (χ0) is 12.3. The first-order chi connectivity index (χ1) is 8.20. The van der Waals surface area contributed by atoms with Crippen LogP contribution in [-0.4, -0.2) is 55.8 Å². The summed E-state index contributed by atoms with van der Waals surface area (Å²) >= 11 is 3.40. The van der Waals surface area contributed by atoms with Crippen molar-refractivity contribution < 1.29 is 4.74 Å². The second-order valence-electron chi connectivity index (χ2n) is 4.16. The molecule has 0 saturated carbocycles. The second kappa shape index (κ2) is 5.99. The number of ether oxygens (including phenoxy) is 1. The minimum Gasteiger partial charge on any atom is -0.380 e. The average molecular weight is 274 g/mol. The number of nitrogens with zero attached hydrogens (tertiary/aromatic N) is 3. The quantitative estimate of drug-likeness (QED) is 0.886. The summed E-state index contributed by atoms with van der Waals surface area (Å²) in [5.74, 6) is 0. The smallest absolute Gasteiger partial charge is 0.208 e. The maximum absolute atomic E-state index is 5.53. The third-order valence-corrected chi connectivity index (χ3v) is 5.18. The van der Waals surface area contributed by atoms with Gasteiger partial charge in [0.1, 0.15) is 0 Å². The van der Waals surface area contributed by atoms with E-state index in [1.165, 1.54) is 0 Å². The number of hydrogen-bond donors (Lipinski definition) is 1. The largest absolute Gasteiger partial charge is 0.380 e. The minimum atomic E-state index is 0.428. The molecule has 1 saturated heterocycles. The molecule has 0 aliphatic carbocycles. The SMILES string of the molecule is CNC1CCOCC1Sc1nnc(N(C)C)s1. The van der Waals surface area contributed by atoms with Crippen molar-refractivity contribution in [2.45, 2.75) is 22.1 Å². The van der Waals surface area contributed by atoms with Crippen LogP contribution < -0.4 is 10.2 Å². The minimum absolute atomic E-state index is 0.428. The molecule has 0 spiro atoms. The molecule has 0 bridgehead atoms. The Bertz CT molecular complexity index is 358. The molecule has 0 amide bonds. The van der Waals surface area contributed by atoms with Crippen molar-refractivity contribution in [1.29, 1.82) is 0 Å². The standard InChI is InChI=1S/C10H18N4OS2/c1-11-7-4-5-15-6-8(7)16-10-13-12-9(17-10)14(2)3/h7-8,11H,4-6H2,1-3H3. The Morgan fingerprint density at radius 2 is 2.29 bits per heavy atom. The van der Waals surface area contributed by atoms with Crippen molar-refractivity contribution in [3.63, 3.8) is 0 Å². The van der Waals surface area contributed by atoms with Gasteiger partial charge in [0, 0.05) is 26.7 Å². The summed E-state index contributed by atoms with van der Waals surface area (Å²) in [4.78, 5) is 1.98. The van der Waals surface area contributed by atoms with E-state index < -0.39 is 0 Å². The number of aromatic nitrogens is 2. The van der Waals surface area contributed by atoms with E-state index in [4.69, 9.17) is 4.74 Å². The van der Waals surface area contributed by atoms with Crippen molar-refractivity contribution in [3.05, 3.63) is 0 Å². The third-order valence-electron chi connectivity index (χ3n) is 2.71. The number of nitrogens with one attached hydrogen (secondary N) is 1. The Kier molecular flexibility index (Phi) is 4.61. The summed E-state index contributed by atoms with van der Waals surface area (Å²) in [5, 5.41) is 13.1. The van der Waals surface area contributed by atoms with Crippen LogP contribution in [0.5, 0.6) is 0 Å². The Hall–Kier alpha value is -0.370. The Morgan fingerprint density at radius 3 is 2.94 bits per heavy atom. The fourth-order valence-corrected chi connectivity index (χ4v) is 3.96. The zero-order valence-corrected chi connectivity index (χ0v) is 12.0. The molecule has 2 atom stereocenters. The molecule has 0 radical (unpaired) electrons. The van der Waals surface area contributed by atoms with E-state index in [1.807, 2.05) is 26.0 Å². The first kappa shape index (κ1) is 13.1. The van der Waals surface area contributed by atoms with Crippen LogP contribution in [0.2, 0.25) is 0 Å². The molecule has 2 heterocycles. The topological polar surface area (TPSA) is 50.3 Å². The maximum atomic E-state index is 5.53. The molecule has 1 aromatic heterocycles. The second-order valence-corrected chi connectivity index (χ2v) is 6.60. The molecule has 17 heavy (non-hydrogen) atoms. The van der Waals surface area contributed by atoms with E-state index in [9.17, 15) is 0 Å². The molecule has 1 N–H and O–H groups in total. The van der Waals surface area contributed by atoms with Crippen molar-refractivity contribution >= 4 is 28.2 Å². The van der Waals surface area contributed by atoms with Crippen LogP contribution in [0.25, 0.3) is 0 Å². The van der Waals surface area contributed by atoms with Gasteiger partial charge in [-0.1, -0.05) is 23.1 Å². The van der Waals surface area contributed by atoms with Gasteiger partial charge in [-0.15, -0.1) is 10.2 Å². The predicted molar refractivity (Wildman–Crippen MR) is 72.2 cm³/mol. The Morgan fingerprint density at radius 1 is 1.47 bits per heavy atom. The van der Waals surface area contributed by atoms with E-state index in [2.05, 4.69) is 15.5 Å². The molecule has 1 aromatic rings. The maximum Gasteiger partial charge on any atom is 0.208 e. The number of anilines is 1. The lowest BCUT2D eigenvalue weighted by molar-refractivity contribution is 0.0850. The number of rotatable bonds is 4. The van der Waals surface area contributed by atoms with Gasteiger partial charge < -0.3 is 15.0 Å². The van der Waals surface area contributed by atoms with Gasteiger partial charge in [-0.25, -0.2) is 0 Å². The van der Waals surface area contributed by atoms with E-state index in [1.54, 1.807) is 23.1 Å². The normalized spacial score (nSPS) is 24.9. The van der Waals surface area contributed by atoms with Crippen LogP contribution in [0.3, 0.4) is 0 Å². The van der Waals surface area contributed by atoms with Gasteiger partial charge in [0.05, 0.1) is 11.9 Å². The van der Waals surface area contributed by atoms with Gasteiger partial charge >= 0.3 is 0 Å². The average Bonchev–Trinajstić information content (AvgIpc) is 2.78. The third kappa shape index (κ3) is 3.31. The monoisotopic (exact) mass is 274 g/mol. The molecule has 5 nitrogen and oxygen atoms in total. The molecule has 1 aliphatic rings. The molecule has 96 valence electrons. The van der Waals surface area contributed by atoms with Crippen LogP contribution in [0, 0.1) is 0 Å². The van der Waals surface area contributed by atoms with E-state index in [-0.39, 0.29) is 0 Å². The summed E-state index contributed by atoms with van der Waals surface area (Å²) in [6.45, 7) is 1.63. The summed E-state index contributed by atoms with van der Waals surface area (Å²) in [5.41, 5.74) is 0. The first-order valence-corrected chi connectivity index (χ1v) is 7.33. The summed E-state index contributed by atoms with van der Waals surface area (Å²) < 4.78 is 6.54. The van der Waals surface area contributed by atoms with Crippen LogP contribution in [0.4, 0.5) is 5.13 Å². The van der Waals surface area contributed by atoms with Gasteiger partial charge in [-0.2, -0.15) is 0 Å². The molecule has 0 aromatic carbocycles. The summed E-state index contributed by atoms with van der Waals surface area (Å²) in [6.07, 6.45) is 1.06. The molecular formula is C10H18N4OS2. The van der Waals surface area contributed by atoms with Crippen LogP contribution in [-0.2, 0) is 4.74 Å². The van der Waals surface area contributed by atoms with Crippen LogP contribution >= 0.6 is 23.1 Å². The number of hydrogen-bond acceptors (Lipinski definition) is 7. The van der Waals surface area contributed by atoms with Gasteiger partial charge in [0.25, 0.3) is 0 Å². The fraction of sp³-hybridized carbons (Fsp3) is 0.800. The zero-order valence-electron chi connectivity index (χ0n) is 10.3. The number of thioether (sulfide) groups is 1.